The van der Waals surface area contributed by atoms with Gasteiger partial charge in [0.25, 0.3) is 0 Å². The first-order valence-corrected chi connectivity index (χ1v) is 27.4. The van der Waals surface area contributed by atoms with E-state index in [-0.39, 0.29) is 37.5 Å². The standard InChI is InChI=1S/C61H100O6/c1-4-7-10-13-16-19-22-25-28-29-30-31-34-36-39-42-45-48-51-54-60(63)66-57-58(67-61(64)55-52-49-46-43-40-37-33-27-24-21-18-15-12-9-6-3)56-65-59(62)53-50-47-44-41-38-35-32-26-23-20-17-14-11-8-5-2/h7,10,16-17,19-20,25-28,30-33,36,39,45,48,58H,4-6,8-9,11-15,18,21-24,29,34-35,37-38,40-44,46-47,49-57H2,1-3H3/b10-7-,19-16-,20-17-,28-25-,31-30-,32-26-,33-27-,39-36-,48-45-/t58-/m0/s1. The second kappa shape index (κ2) is 54.7. The van der Waals surface area contributed by atoms with Gasteiger partial charge in [0.05, 0.1) is 0 Å². The molecule has 0 aliphatic rings. The second-order valence-electron chi connectivity index (χ2n) is 17.7. The highest BCUT2D eigenvalue weighted by atomic mass is 16.6. The molecule has 0 spiro atoms. The monoisotopic (exact) mass is 929 g/mol. The number of carbonyl (C=O) groups excluding carboxylic acids is 3. The van der Waals surface area contributed by atoms with Crippen molar-refractivity contribution < 1.29 is 28.6 Å². The van der Waals surface area contributed by atoms with Crippen LogP contribution >= 0.6 is 0 Å². The third-order valence-electron chi connectivity index (χ3n) is 11.2. The van der Waals surface area contributed by atoms with E-state index >= 15 is 0 Å². The first-order valence-electron chi connectivity index (χ1n) is 27.4. The zero-order valence-electron chi connectivity index (χ0n) is 43.4. The van der Waals surface area contributed by atoms with E-state index in [0.29, 0.717) is 19.3 Å². The van der Waals surface area contributed by atoms with E-state index in [1.54, 1.807) is 0 Å². The van der Waals surface area contributed by atoms with Gasteiger partial charge in [0.2, 0.25) is 0 Å². The van der Waals surface area contributed by atoms with Crippen molar-refractivity contribution in [1.29, 1.82) is 0 Å². The van der Waals surface area contributed by atoms with Gasteiger partial charge < -0.3 is 14.2 Å². The summed E-state index contributed by atoms with van der Waals surface area (Å²) in [7, 11) is 0. The fourth-order valence-electron chi connectivity index (χ4n) is 7.14. The highest BCUT2D eigenvalue weighted by molar-refractivity contribution is 5.71. The molecule has 0 N–H and O–H groups in total. The van der Waals surface area contributed by atoms with Gasteiger partial charge in [-0.15, -0.1) is 0 Å². The minimum atomic E-state index is -0.820. The number of hydrogen-bond acceptors (Lipinski definition) is 6. The van der Waals surface area contributed by atoms with Crippen LogP contribution in [0.4, 0.5) is 0 Å². The highest BCUT2D eigenvalue weighted by Crippen LogP contribution is 2.13. The lowest BCUT2D eigenvalue weighted by atomic mass is 10.1. The van der Waals surface area contributed by atoms with Crippen LogP contribution in [0.5, 0.6) is 0 Å². The molecule has 0 aliphatic carbocycles. The third kappa shape index (κ3) is 52.9. The van der Waals surface area contributed by atoms with Crippen LogP contribution in [-0.2, 0) is 28.6 Å². The summed E-state index contributed by atoms with van der Waals surface area (Å²) in [6.07, 6.45) is 73.7. The molecule has 6 nitrogen and oxygen atoms in total. The predicted octanol–water partition coefficient (Wildman–Crippen LogP) is 18.3. The molecule has 0 bridgehead atoms. The fourth-order valence-corrected chi connectivity index (χ4v) is 7.14. The van der Waals surface area contributed by atoms with Gasteiger partial charge in [0, 0.05) is 19.3 Å². The topological polar surface area (TPSA) is 78.9 Å². The van der Waals surface area contributed by atoms with Gasteiger partial charge in [-0.3, -0.25) is 14.4 Å². The Morgan fingerprint density at radius 1 is 0.313 bits per heavy atom. The zero-order chi connectivity index (χ0) is 48.6. The molecule has 0 saturated heterocycles. The molecule has 380 valence electrons. The SMILES string of the molecule is CC/C=C\C/C=C\C/C=C\C/C=C\C/C=C\C/C=C\CCC(=O)OC[C@H](COC(=O)CCCCCCC/C=C\C/C=C\CCCCC)OC(=O)CCCCCCC/C=C\CCCCCCCC. The molecule has 1 atom stereocenters. The third-order valence-corrected chi connectivity index (χ3v) is 11.2. The van der Waals surface area contributed by atoms with Gasteiger partial charge in [-0.25, -0.2) is 0 Å². The van der Waals surface area contributed by atoms with Gasteiger partial charge in [-0.1, -0.05) is 214 Å². The van der Waals surface area contributed by atoms with Crippen molar-refractivity contribution in [1.82, 2.24) is 0 Å². The molecular formula is C61H100O6. The number of rotatable bonds is 48. The van der Waals surface area contributed by atoms with E-state index in [0.717, 1.165) is 116 Å². The van der Waals surface area contributed by atoms with Gasteiger partial charge in [-0.05, 0) is 116 Å². The molecule has 0 saturated carbocycles. The molecule has 0 heterocycles. The van der Waals surface area contributed by atoms with E-state index in [2.05, 4.69) is 124 Å². The molecule has 6 heteroatoms. The summed E-state index contributed by atoms with van der Waals surface area (Å²) in [6.45, 7) is 6.40. The van der Waals surface area contributed by atoms with Gasteiger partial charge in [0.1, 0.15) is 13.2 Å². The Labute approximate surface area is 412 Å². The molecule has 0 amide bonds. The number of hydrogen-bond donors (Lipinski definition) is 0. The zero-order valence-corrected chi connectivity index (χ0v) is 43.4. The highest BCUT2D eigenvalue weighted by Gasteiger charge is 2.19. The van der Waals surface area contributed by atoms with Crippen LogP contribution in [0.1, 0.15) is 239 Å². The van der Waals surface area contributed by atoms with Crippen molar-refractivity contribution in [2.24, 2.45) is 0 Å². The summed E-state index contributed by atoms with van der Waals surface area (Å²) in [5, 5.41) is 0. The summed E-state index contributed by atoms with van der Waals surface area (Å²) >= 11 is 0. The molecule has 0 aromatic carbocycles. The Hall–Kier alpha value is -3.93. The summed E-state index contributed by atoms with van der Waals surface area (Å²) < 4.78 is 16.7. The first-order chi connectivity index (χ1) is 33.0. The molecular weight excluding hydrogens is 829 g/mol. The molecule has 0 aliphatic heterocycles. The van der Waals surface area contributed by atoms with Crippen molar-refractivity contribution in [3.8, 4) is 0 Å². The lowest BCUT2D eigenvalue weighted by Gasteiger charge is -2.18. The van der Waals surface area contributed by atoms with E-state index < -0.39 is 6.10 Å². The number of ether oxygens (including phenoxy) is 3. The summed E-state index contributed by atoms with van der Waals surface area (Å²) in [6, 6.07) is 0. The van der Waals surface area contributed by atoms with Gasteiger partial charge >= 0.3 is 17.9 Å². The molecule has 67 heavy (non-hydrogen) atoms. The van der Waals surface area contributed by atoms with Crippen LogP contribution in [0.25, 0.3) is 0 Å². The predicted molar refractivity (Wildman–Crippen MR) is 288 cm³/mol. The van der Waals surface area contributed by atoms with Crippen molar-refractivity contribution >= 4 is 17.9 Å². The largest absolute Gasteiger partial charge is 0.462 e. The number of carbonyl (C=O) groups is 3. The van der Waals surface area contributed by atoms with Crippen molar-refractivity contribution in [2.45, 2.75) is 245 Å². The van der Waals surface area contributed by atoms with Gasteiger partial charge in [-0.2, -0.15) is 0 Å². The van der Waals surface area contributed by atoms with Crippen LogP contribution in [-0.4, -0.2) is 37.2 Å². The second-order valence-corrected chi connectivity index (χ2v) is 17.7. The Kier molecular flexibility index (Phi) is 51.5. The number of esters is 3. The van der Waals surface area contributed by atoms with E-state index in [9.17, 15) is 14.4 Å². The first kappa shape index (κ1) is 63.1. The van der Waals surface area contributed by atoms with Crippen molar-refractivity contribution in [3.63, 3.8) is 0 Å². The lowest BCUT2D eigenvalue weighted by molar-refractivity contribution is -0.166. The van der Waals surface area contributed by atoms with E-state index in [1.165, 1.54) is 77.0 Å². The smallest absolute Gasteiger partial charge is 0.306 e. The number of unbranched alkanes of at least 4 members (excludes halogenated alkanes) is 19. The fraction of sp³-hybridized carbons (Fsp3) is 0.656. The Bertz CT molecular complexity index is 1390. The Morgan fingerprint density at radius 3 is 1.04 bits per heavy atom. The van der Waals surface area contributed by atoms with Crippen LogP contribution < -0.4 is 0 Å². The lowest BCUT2D eigenvalue weighted by Crippen LogP contribution is -2.30. The van der Waals surface area contributed by atoms with Crippen molar-refractivity contribution in [2.75, 3.05) is 13.2 Å². The summed E-state index contributed by atoms with van der Waals surface area (Å²) in [4.78, 5) is 38.0. The summed E-state index contributed by atoms with van der Waals surface area (Å²) in [5.41, 5.74) is 0. The Morgan fingerprint density at radius 2 is 0.612 bits per heavy atom. The summed E-state index contributed by atoms with van der Waals surface area (Å²) in [5.74, 6) is -1.02. The average molecular weight is 929 g/mol. The maximum absolute atomic E-state index is 12.8. The quantitative estimate of drug-likeness (QED) is 0.0262. The Balaban J connectivity index is 4.55. The number of allylic oxidation sites excluding steroid dienone is 18. The molecule has 0 rings (SSSR count). The van der Waals surface area contributed by atoms with Crippen LogP contribution in [0.2, 0.25) is 0 Å². The minimum absolute atomic E-state index is 0.113. The van der Waals surface area contributed by atoms with Crippen LogP contribution in [0, 0.1) is 0 Å². The normalized spacial score (nSPS) is 12.9. The minimum Gasteiger partial charge on any atom is -0.462 e. The van der Waals surface area contributed by atoms with Crippen molar-refractivity contribution in [3.05, 3.63) is 109 Å². The maximum Gasteiger partial charge on any atom is 0.306 e. The molecule has 0 aromatic heterocycles. The van der Waals surface area contributed by atoms with Crippen LogP contribution in [0.15, 0.2) is 109 Å². The van der Waals surface area contributed by atoms with Crippen LogP contribution in [0.3, 0.4) is 0 Å². The molecule has 0 radical (unpaired) electrons. The van der Waals surface area contributed by atoms with E-state index in [1.807, 2.05) is 6.08 Å². The average Bonchev–Trinajstić information content (AvgIpc) is 3.33. The van der Waals surface area contributed by atoms with E-state index in [4.69, 9.17) is 14.2 Å². The maximum atomic E-state index is 12.8. The molecule has 0 fully saturated rings. The molecule has 0 unspecified atom stereocenters. The molecule has 0 aromatic rings. The van der Waals surface area contributed by atoms with Gasteiger partial charge in [0.15, 0.2) is 6.10 Å².